The third kappa shape index (κ3) is 2.86. The first kappa shape index (κ1) is 12.1. The Morgan fingerprint density at radius 2 is 1.75 bits per heavy atom. The predicted molar refractivity (Wildman–Crippen MR) is 72.5 cm³/mol. The summed E-state index contributed by atoms with van der Waals surface area (Å²) in [6.07, 6.45) is 2.70. The van der Waals surface area contributed by atoms with Gasteiger partial charge >= 0.3 is 0 Å². The highest BCUT2D eigenvalue weighted by Crippen LogP contribution is 2.26. The van der Waals surface area contributed by atoms with Gasteiger partial charge in [0.1, 0.15) is 0 Å². The van der Waals surface area contributed by atoms with Gasteiger partial charge in [0.25, 0.3) is 0 Å². The van der Waals surface area contributed by atoms with Gasteiger partial charge in [-0.25, -0.2) is 0 Å². The monoisotopic (exact) mass is 281 g/mol. The van der Waals surface area contributed by atoms with E-state index in [0.29, 0.717) is 6.04 Å². The lowest BCUT2D eigenvalue weighted by Gasteiger charge is -2.35. The lowest BCUT2D eigenvalue weighted by atomic mass is 9.96. The van der Waals surface area contributed by atoms with Crippen LogP contribution < -0.4 is 0 Å². The highest BCUT2D eigenvalue weighted by atomic mass is 79.9. The van der Waals surface area contributed by atoms with Gasteiger partial charge in [-0.1, -0.05) is 35.0 Å². The second-order valence-corrected chi connectivity index (χ2v) is 5.86. The van der Waals surface area contributed by atoms with Crippen LogP contribution >= 0.6 is 15.9 Å². The van der Waals surface area contributed by atoms with Crippen LogP contribution in [-0.2, 0) is 0 Å². The Bertz CT molecular complexity index is 325. The molecule has 0 aliphatic carbocycles. The molecule has 0 spiro atoms. The Morgan fingerprint density at radius 1 is 1.19 bits per heavy atom. The van der Waals surface area contributed by atoms with Crippen LogP contribution in [0, 0.1) is 5.92 Å². The number of piperidine rings is 1. The minimum atomic E-state index is 0.556. The molecule has 1 aromatic carbocycles. The lowest BCUT2D eigenvalue weighted by molar-refractivity contribution is 0.147. The van der Waals surface area contributed by atoms with E-state index in [4.69, 9.17) is 0 Å². The van der Waals surface area contributed by atoms with Crippen LogP contribution in [0.5, 0.6) is 0 Å². The van der Waals surface area contributed by atoms with Crippen molar-refractivity contribution in [1.29, 1.82) is 0 Å². The van der Waals surface area contributed by atoms with Gasteiger partial charge in [-0.05, 0) is 56.5 Å². The van der Waals surface area contributed by atoms with Gasteiger partial charge in [0.15, 0.2) is 0 Å². The number of likely N-dealkylation sites (tertiary alicyclic amines) is 1. The molecule has 1 aromatic rings. The topological polar surface area (TPSA) is 3.24 Å². The van der Waals surface area contributed by atoms with Gasteiger partial charge in [-0.15, -0.1) is 0 Å². The average Bonchev–Trinajstić information content (AvgIpc) is 2.30. The van der Waals surface area contributed by atoms with Crippen molar-refractivity contribution < 1.29 is 0 Å². The van der Waals surface area contributed by atoms with Gasteiger partial charge in [0.2, 0.25) is 0 Å². The summed E-state index contributed by atoms with van der Waals surface area (Å²) in [5.41, 5.74) is 1.43. The Morgan fingerprint density at radius 3 is 2.31 bits per heavy atom. The molecule has 0 bridgehead atoms. The maximum absolute atomic E-state index is 3.48. The lowest BCUT2D eigenvalue weighted by Crippen LogP contribution is -2.34. The van der Waals surface area contributed by atoms with Crippen molar-refractivity contribution in [3.05, 3.63) is 34.3 Å². The zero-order valence-electron chi connectivity index (χ0n) is 10.1. The Labute approximate surface area is 107 Å². The SMILES string of the molecule is CC1CCN([C@H](C)c2ccc(Br)cc2)CC1. The summed E-state index contributed by atoms with van der Waals surface area (Å²) < 4.78 is 1.16. The number of benzene rings is 1. The van der Waals surface area contributed by atoms with Crippen molar-refractivity contribution in [3.63, 3.8) is 0 Å². The zero-order chi connectivity index (χ0) is 11.5. The zero-order valence-corrected chi connectivity index (χ0v) is 11.7. The van der Waals surface area contributed by atoms with Crippen LogP contribution in [0.15, 0.2) is 28.7 Å². The molecule has 0 aromatic heterocycles. The van der Waals surface area contributed by atoms with Crippen molar-refractivity contribution in [2.45, 2.75) is 32.7 Å². The van der Waals surface area contributed by atoms with Crippen molar-refractivity contribution in [2.75, 3.05) is 13.1 Å². The maximum Gasteiger partial charge on any atom is 0.0319 e. The van der Waals surface area contributed by atoms with E-state index >= 15 is 0 Å². The Balaban J connectivity index is 2.01. The third-order valence-electron chi connectivity index (χ3n) is 3.72. The molecule has 2 rings (SSSR count). The molecule has 0 saturated carbocycles. The molecule has 0 amide bonds. The predicted octanol–water partition coefficient (Wildman–Crippen LogP) is 4.24. The summed E-state index contributed by atoms with van der Waals surface area (Å²) in [4.78, 5) is 2.60. The van der Waals surface area contributed by atoms with Crippen molar-refractivity contribution in [3.8, 4) is 0 Å². The van der Waals surface area contributed by atoms with E-state index in [9.17, 15) is 0 Å². The van der Waals surface area contributed by atoms with E-state index in [1.165, 1.54) is 31.5 Å². The van der Waals surface area contributed by atoms with E-state index in [1.807, 2.05) is 0 Å². The van der Waals surface area contributed by atoms with Gasteiger partial charge in [-0.3, -0.25) is 4.90 Å². The fourth-order valence-electron chi connectivity index (χ4n) is 2.37. The van der Waals surface area contributed by atoms with E-state index < -0.39 is 0 Å². The molecule has 1 heterocycles. The number of hydrogen-bond acceptors (Lipinski definition) is 1. The first-order valence-corrected chi connectivity index (χ1v) is 6.95. The second-order valence-electron chi connectivity index (χ2n) is 4.95. The highest BCUT2D eigenvalue weighted by Gasteiger charge is 2.20. The van der Waals surface area contributed by atoms with E-state index in [0.717, 1.165) is 10.4 Å². The van der Waals surface area contributed by atoms with E-state index in [1.54, 1.807) is 0 Å². The molecule has 1 fully saturated rings. The molecular formula is C14H20BrN. The number of nitrogens with zero attached hydrogens (tertiary/aromatic N) is 1. The summed E-state index contributed by atoms with van der Waals surface area (Å²) in [5, 5.41) is 0. The molecule has 1 atom stereocenters. The van der Waals surface area contributed by atoms with Crippen molar-refractivity contribution in [1.82, 2.24) is 4.90 Å². The standard InChI is InChI=1S/C14H20BrN/c1-11-7-9-16(10-8-11)12(2)13-3-5-14(15)6-4-13/h3-6,11-12H,7-10H2,1-2H3/t12-/m1/s1. The van der Waals surface area contributed by atoms with Gasteiger partial charge in [0.05, 0.1) is 0 Å². The van der Waals surface area contributed by atoms with Gasteiger partial charge < -0.3 is 0 Å². The molecule has 0 N–H and O–H groups in total. The fourth-order valence-corrected chi connectivity index (χ4v) is 2.63. The quantitative estimate of drug-likeness (QED) is 0.784. The first-order chi connectivity index (χ1) is 7.66. The molecule has 2 heteroatoms. The van der Waals surface area contributed by atoms with Crippen LogP contribution in [0.2, 0.25) is 0 Å². The minimum absolute atomic E-state index is 0.556. The normalized spacial score (nSPS) is 20.9. The largest absolute Gasteiger partial charge is 0.297 e. The summed E-state index contributed by atoms with van der Waals surface area (Å²) in [6.45, 7) is 7.18. The molecule has 0 unspecified atom stereocenters. The molecule has 1 nitrogen and oxygen atoms in total. The minimum Gasteiger partial charge on any atom is -0.297 e. The maximum atomic E-state index is 3.48. The smallest absolute Gasteiger partial charge is 0.0319 e. The summed E-state index contributed by atoms with van der Waals surface area (Å²) in [7, 11) is 0. The van der Waals surface area contributed by atoms with Crippen LogP contribution in [0.3, 0.4) is 0 Å². The molecule has 88 valence electrons. The van der Waals surface area contributed by atoms with Gasteiger partial charge in [-0.2, -0.15) is 0 Å². The van der Waals surface area contributed by atoms with Crippen LogP contribution in [-0.4, -0.2) is 18.0 Å². The van der Waals surface area contributed by atoms with Gasteiger partial charge in [0, 0.05) is 10.5 Å². The van der Waals surface area contributed by atoms with E-state index in [2.05, 4.69) is 58.9 Å². The summed E-state index contributed by atoms with van der Waals surface area (Å²) in [5.74, 6) is 0.911. The number of rotatable bonds is 2. The van der Waals surface area contributed by atoms with Crippen LogP contribution in [0.25, 0.3) is 0 Å². The molecule has 1 saturated heterocycles. The number of hydrogen-bond donors (Lipinski definition) is 0. The Hall–Kier alpha value is -0.340. The first-order valence-electron chi connectivity index (χ1n) is 6.16. The fraction of sp³-hybridized carbons (Fsp3) is 0.571. The van der Waals surface area contributed by atoms with E-state index in [-0.39, 0.29) is 0 Å². The van der Waals surface area contributed by atoms with Crippen molar-refractivity contribution >= 4 is 15.9 Å². The van der Waals surface area contributed by atoms with Crippen molar-refractivity contribution in [2.24, 2.45) is 5.92 Å². The molecular weight excluding hydrogens is 262 g/mol. The summed E-state index contributed by atoms with van der Waals surface area (Å²) in [6, 6.07) is 9.29. The summed E-state index contributed by atoms with van der Waals surface area (Å²) >= 11 is 3.48. The molecule has 0 radical (unpaired) electrons. The number of halogens is 1. The van der Waals surface area contributed by atoms with Crippen LogP contribution in [0.4, 0.5) is 0 Å². The molecule has 1 aliphatic rings. The second kappa shape index (κ2) is 5.33. The van der Waals surface area contributed by atoms with Crippen LogP contribution in [0.1, 0.15) is 38.3 Å². The average molecular weight is 282 g/mol. The molecule has 1 aliphatic heterocycles. The third-order valence-corrected chi connectivity index (χ3v) is 4.25. The molecule has 16 heavy (non-hydrogen) atoms. The Kier molecular flexibility index (Phi) is 4.04. The highest BCUT2D eigenvalue weighted by molar-refractivity contribution is 9.10.